The van der Waals surface area contributed by atoms with Crippen molar-refractivity contribution >= 4 is 17.3 Å². The number of carboxylic acids is 1. The molecule has 7 heteroatoms. The maximum absolute atomic E-state index is 11.2. The van der Waals surface area contributed by atoms with Gasteiger partial charge in [-0.15, -0.1) is 0 Å². The maximum Gasteiger partial charge on any atom is 0.335 e. The van der Waals surface area contributed by atoms with Gasteiger partial charge in [-0.3, -0.25) is 10.1 Å². The zero-order chi connectivity index (χ0) is 15.4. The summed E-state index contributed by atoms with van der Waals surface area (Å²) in [5.74, 6) is -1.17. The number of nitrogens with zero attached hydrogens (tertiary/aromatic N) is 2. The number of aromatic carboxylic acids is 1. The van der Waals surface area contributed by atoms with Crippen LogP contribution in [0.2, 0.25) is 0 Å². The van der Waals surface area contributed by atoms with Gasteiger partial charge in [0.05, 0.1) is 16.6 Å². The van der Waals surface area contributed by atoms with Crippen LogP contribution in [0, 0.1) is 10.1 Å². The quantitative estimate of drug-likeness (QED) is 0.639. The molecule has 1 heterocycles. The van der Waals surface area contributed by atoms with Gasteiger partial charge in [-0.05, 0) is 31.9 Å². The second-order valence-corrected chi connectivity index (χ2v) is 4.94. The molecule has 1 saturated heterocycles. The number of nitro benzene ring substituents is 1. The highest BCUT2D eigenvalue weighted by molar-refractivity contribution is 5.89. The van der Waals surface area contributed by atoms with E-state index in [0.717, 1.165) is 25.5 Å². The van der Waals surface area contributed by atoms with Crippen molar-refractivity contribution in [3.8, 4) is 0 Å². The molecular formula is C14H18N2O5. The Morgan fingerprint density at radius 3 is 2.86 bits per heavy atom. The highest BCUT2D eigenvalue weighted by atomic mass is 16.6. The van der Waals surface area contributed by atoms with Crippen LogP contribution in [0.25, 0.3) is 0 Å². The minimum atomic E-state index is -1.17. The number of ether oxygens (including phenoxy) is 1. The van der Waals surface area contributed by atoms with E-state index in [9.17, 15) is 14.9 Å². The summed E-state index contributed by atoms with van der Waals surface area (Å²) < 4.78 is 5.56. The molecule has 21 heavy (non-hydrogen) atoms. The van der Waals surface area contributed by atoms with Gasteiger partial charge < -0.3 is 14.7 Å². The van der Waals surface area contributed by atoms with Crippen molar-refractivity contribution in [2.75, 3.05) is 24.6 Å². The normalized spacial score (nSPS) is 17.7. The Hall–Kier alpha value is -2.15. The molecule has 1 aliphatic heterocycles. The highest BCUT2D eigenvalue weighted by Gasteiger charge is 2.24. The lowest BCUT2D eigenvalue weighted by molar-refractivity contribution is -0.384. The van der Waals surface area contributed by atoms with Crippen molar-refractivity contribution in [2.24, 2.45) is 0 Å². The minimum Gasteiger partial charge on any atom is -0.478 e. The summed E-state index contributed by atoms with van der Waals surface area (Å²) in [7, 11) is 0. The van der Waals surface area contributed by atoms with E-state index in [1.54, 1.807) is 0 Å². The molecule has 1 unspecified atom stereocenters. The minimum absolute atomic E-state index is 0.0729. The number of carbonyl (C=O) groups is 1. The number of nitro groups is 1. The molecular weight excluding hydrogens is 276 g/mol. The van der Waals surface area contributed by atoms with Crippen LogP contribution < -0.4 is 4.90 Å². The van der Waals surface area contributed by atoms with Gasteiger partial charge in [0.1, 0.15) is 5.69 Å². The molecule has 1 aliphatic rings. The first-order valence-electron chi connectivity index (χ1n) is 6.91. The van der Waals surface area contributed by atoms with Gasteiger partial charge in [-0.25, -0.2) is 4.79 Å². The predicted molar refractivity (Wildman–Crippen MR) is 76.9 cm³/mol. The first-order valence-corrected chi connectivity index (χ1v) is 6.91. The van der Waals surface area contributed by atoms with E-state index in [-0.39, 0.29) is 17.4 Å². The van der Waals surface area contributed by atoms with E-state index < -0.39 is 10.9 Å². The van der Waals surface area contributed by atoms with Crippen LogP contribution in [-0.2, 0) is 4.74 Å². The first-order chi connectivity index (χ1) is 10.0. The molecule has 0 aliphatic carbocycles. The molecule has 0 spiro atoms. The number of likely N-dealkylation sites (N-methyl/N-ethyl adjacent to an activating group) is 1. The van der Waals surface area contributed by atoms with Crippen LogP contribution in [-0.4, -0.2) is 41.8 Å². The zero-order valence-electron chi connectivity index (χ0n) is 11.8. The summed E-state index contributed by atoms with van der Waals surface area (Å²) in [5, 5.41) is 20.2. The number of hydrogen-bond donors (Lipinski definition) is 1. The van der Waals surface area contributed by atoms with Crippen molar-refractivity contribution in [3.05, 3.63) is 33.9 Å². The Labute approximate surface area is 122 Å². The molecule has 0 aromatic heterocycles. The Bertz CT molecular complexity index is 540. The average Bonchev–Trinajstić information content (AvgIpc) is 2.97. The second kappa shape index (κ2) is 6.53. The molecule has 114 valence electrons. The van der Waals surface area contributed by atoms with E-state index >= 15 is 0 Å². The number of hydrogen-bond acceptors (Lipinski definition) is 5. The van der Waals surface area contributed by atoms with Gasteiger partial charge in [0, 0.05) is 25.8 Å². The molecule has 1 fully saturated rings. The van der Waals surface area contributed by atoms with Crippen molar-refractivity contribution < 1.29 is 19.6 Å². The van der Waals surface area contributed by atoms with Gasteiger partial charge in [0.15, 0.2) is 0 Å². The van der Waals surface area contributed by atoms with Gasteiger partial charge in [-0.1, -0.05) is 0 Å². The van der Waals surface area contributed by atoms with E-state index in [2.05, 4.69) is 0 Å². The Morgan fingerprint density at radius 1 is 1.57 bits per heavy atom. The number of anilines is 1. The van der Waals surface area contributed by atoms with Crippen LogP contribution in [0.1, 0.15) is 30.1 Å². The summed E-state index contributed by atoms with van der Waals surface area (Å²) in [6.45, 7) is 3.79. The summed E-state index contributed by atoms with van der Waals surface area (Å²) >= 11 is 0. The fourth-order valence-electron chi connectivity index (χ4n) is 2.50. The monoisotopic (exact) mass is 294 g/mol. The van der Waals surface area contributed by atoms with Gasteiger partial charge in [0.2, 0.25) is 0 Å². The van der Waals surface area contributed by atoms with E-state index in [0.29, 0.717) is 18.8 Å². The Morgan fingerprint density at radius 2 is 2.33 bits per heavy atom. The molecule has 0 amide bonds. The largest absolute Gasteiger partial charge is 0.478 e. The Balaban J connectivity index is 2.30. The lowest BCUT2D eigenvalue weighted by Gasteiger charge is -2.25. The lowest BCUT2D eigenvalue weighted by atomic mass is 10.1. The fraction of sp³-hybridized carbons (Fsp3) is 0.500. The molecule has 1 aromatic carbocycles. The summed E-state index contributed by atoms with van der Waals surface area (Å²) in [5.41, 5.74) is 0.163. The van der Waals surface area contributed by atoms with Crippen molar-refractivity contribution in [2.45, 2.75) is 25.9 Å². The summed E-state index contributed by atoms with van der Waals surface area (Å²) in [6.07, 6.45) is 2.02. The number of carboxylic acid groups (broad SMARTS) is 1. The molecule has 1 aromatic rings. The van der Waals surface area contributed by atoms with Crippen LogP contribution in [0.3, 0.4) is 0 Å². The first kappa shape index (κ1) is 15.2. The topological polar surface area (TPSA) is 92.9 Å². The van der Waals surface area contributed by atoms with Crippen molar-refractivity contribution in [3.63, 3.8) is 0 Å². The van der Waals surface area contributed by atoms with Crippen LogP contribution >= 0.6 is 0 Å². The molecule has 0 radical (unpaired) electrons. The third-order valence-corrected chi connectivity index (χ3v) is 3.59. The van der Waals surface area contributed by atoms with Gasteiger partial charge in [-0.2, -0.15) is 0 Å². The number of benzene rings is 1. The maximum atomic E-state index is 11.2. The molecule has 1 atom stereocenters. The van der Waals surface area contributed by atoms with Crippen molar-refractivity contribution in [1.29, 1.82) is 0 Å². The summed E-state index contributed by atoms with van der Waals surface area (Å²) in [4.78, 5) is 23.5. The second-order valence-electron chi connectivity index (χ2n) is 4.94. The average molecular weight is 294 g/mol. The molecule has 0 bridgehead atoms. The van der Waals surface area contributed by atoms with Crippen LogP contribution in [0.4, 0.5) is 11.4 Å². The SMILES string of the molecule is CCN(CC1CCCO1)c1ccc(C(=O)O)cc1[N+](=O)[O-]. The van der Waals surface area contributed by atoms with Gasteiger partial charge >= 0.3 is 5.97 Å². The molecule has 0 saturated carbocycles. The van der Waals surface area contributed by atoms with Gasteiger partial charge in [0.25, 0.3) is 5.69 Å². The molecule has 1 N–H and O–H groups in total. The third kappa shape index (κ3) is 3.49. The smallest absolute Gasteiger partial charge is 0.335 e. The van der Waals surface area contributed by atoms with Crippen molar-refractivity contribution in [1.82, 2.24) is 0 Å². The van der Waals surface area contributed by atoms with Crippen LogP contribution in [0.15, 0.2) is 18.2 Å². The third-order valence-electron chi connectivity index (χ3n) is 3.59. The molecule has 2 rings (SSSR count). The van der Waals surface area contributed by atoms with Crippen LogP contribution in [0.5, 0.6) is 0 Å². The van der Waals surface area contributed by atoms with E-state index in [4.69, 9.17) is 9.84 Å². The standard InChI is InChI=1S/C14H18N2O5/c1-2-15(9-11-4-3-7-21-11)12-6-5-10(14(17)18)8-13(12)16(19)20/h5-6,8,11H,2-4,7,9H2,1H3,(H,17,18). The summed E-state index contributed by atoms with van der Waals surface area (Å²) in [6, 6.07) is 4.00. The zero-order valence-corrected chi connectivity index (χ0v) is 11.8. The lowest BCUT2D eigenvalue weighted by Crippen LogP contribution is -2.32. The highest BCUT2D eigenvalue weighted by Crippen LogP contribution is 2.30. The Kier molecular flexibility index (Phi) is 4.74. The molecule has 7 nitrogen and oxygen atoms in total. The predicted octanol–water partition coefficient (Wildman–Crippen LogP) is 2.30. The van der Waals surface area contributed by atoms with E-state index in [1.165, 1.54) is 12.1 Å². The number of rotatable bonds is 6. The fourth-order valence-corrected chi connectivity index (χ4v) is 2.50. The van der Waals surface area contributed by atoms with E-state index in [1.807, 2.05) is 11.8 Å².